The molecule has 2 rings (SSSR count). The molecule has 1 spiro atoms. The maximum atomic E-state index is 12.0. The lowest BCUT2D eigenvalue weighted by atomic mass is 9.94. The van der Waals surface area contributed by atoms with Crippen LogP contribution in [0.2, 0.25) is 0 Å². The summed E-state index contributed by atoms with van der Waals surface area (Å²) in [5, 5.41) is 6.36. The highest BCUT2D eigenvalue weighted by Gasteiger charge is 2.51. The Bertz CT molecular complexity index is 348. The lowest BCUT2D eigenvalue weighted by Gasteiger charge is -2.21. The first kappa shape index (κ1) is 11.8. The van der Waals surface area contributed by atoms with Crippen molar-refractivity contribution in [3.05, 3.63) is 0 Å². The summed E-state index contributed by atoms with van der Waals surface area (Å²) in [7, 11) is 0. The van der Waals surface area contributed by atoms with E-state index in [0.29, 0.717) is 5.96 Å². The summed E-state index contributed by atoms with van der Waals surface area (Å²) in [6.07, 6.45) is 0.847. The Morgan fingerprint density at radius 1 is 1.56 bits per heavy atom. The van der Waals surface area contributed by atoms with Crippen molar-refractivity contribution in [2.75, 3.05) is 5.75 Å². The minimum atomic E-state index is -0.516. The van der Waals surface area contributed by atoms with Gasteiger partial charge in [-0.1, -0.05) is 6.92 Å². The van der Waals surface area contributed by atoms with Crippen molar-refractivity contribution in [2.24, 2.45) is 4.99 Å². The fourth-order valence-corrected chi connectivity index (χ4v) is 3.42. The van der Waals surface area contributed by atoms with E-state index in [1.54, 1.807) is 0 Å². The fourth-order valence-electron chi connectivity index (χ4n) is 2.09. The maximum Gasteiger partial charge on any atom is 0.255 e. The molecule has 0 bridgehead atoms. The maximum absolute atomic E-state index is 12.0. The number of carbonyl (C=O) groups excluding carboxylic acids is 1. The summed E-state index contributed by atoms with van der Waals surface area (Å²) in [5.41, 5.74) is -0.592. The standard InChI is InChI=1S/C11H19N3OS/c1-7-11(5-6-16-7)8(15)12-9(14-11)13-10(2,3)4/h7H,5-6H2,1-4H3,(H2,12,13,14,15). The van der Waals surface area contributed by atoms with Gasteiger partial charge >= 0.3 is 0 Å². The van der Waals surface area contributed by atoms with E-state index in [0.717, 1.165) is 12.2 Å². The molecule has 2 N–H and O–H groups in total. The van der Waals surface area contributed by atoms with Crippen LogP contribution in [0.5, 0.6) is 0 Å². The number of aliphatic imine (C=N–C) groups is 1. The van der Waals surface area contributed by atoms with Crippen LogP contribution in [0.25, 0.3) is 0 Å². The molecule has 90 valence electrons. The summed E-state index contributed by atoms with van der Waals surface area (Å²) in [6, 6.07) is 0. The van der Waals surface area contributed by atoms with Crippen LogP contribution in [-0.2, 0) is 4.79 Å². The van der Waals surface area contributed by atoms with Crippen LogP contribution in [-0.4, -0.2) is 33.9 Å². The van der Waals surface area contributed by atoms with E-state index in [1.807, 2.05) is 11.8 Å². The van der Waals surface area contributed by atoms with Crippen molar-refractivity contribution in [3.8, 4) is 0 Å². The molecule has 0 aromatic carbocycles. The molecular formula is C11H19N3OS. The molecule has 2 aliphatic rings. The summed E-state index contributed by atoms with van der Waals surface area (Å²) in [5.74, 6) is 1.70. The molecule has 2 aliphatic heterocycles. The first-order valence-corrected chi connectivity index (χ1v) is 6.69. The SMILES string of the molecule is CC1SCCC12N=C(NC(C)(C)C)NC2=O. The van der Waals surface area contributed by atoms with E-state index in [9.17, 15) is 4.79 Å². The van der Waals surface area contributed by atoms with E-state index in [2.05, 4.69) is 43.3 Å². The van der Waals surface area contributed by atoms with E-state index in [-0.39, 0.29) is 16.7 Å². The molecule has 1 amide bonds. The number of hydrogen-bond donors (Lipinski definition) is 2. The number of nitrogens with zero attached hydrogens (tertiary/aromatic N) is 1. The summed E-state index contributed by atoms with van der Waals surface area (Å²) in [6.45, 7) is 8.25. The van der Waals surface area contributed by atoms with E-state index in [4.69, 9.17) is 0 Å². The quantitative estimate of drug-likeness (QED) is 0.668. The number of rotatable bonds is 0. The second-order valence-electron chi connectivity index (χ2n) is 5.48. The van der Waals surface area contributed by atoms with Gasteiger partial charge in [0.15, 0.2) is 11.5 Å². The second kappa shape index (κ2) is 3.65. The highest BCUT2D eigenvalue weighted by atomic mass is 32.2. The van der Waals surface area contributed by atoms with Gasteiger partial charge in [-0.3, -0.25) is 10.1 Å². The van der Waals surface area contributed by atoms with Gasteiger partial charge < -0.3 is 5.32 Å². The van der Waals surface area contributed by atoms with Crippen molar-refractivity contribution in [2.45, 2.75) is 50.4 Å². The molecule has 0 aromatic rings. The van der Waals surface area contributed by atoms with Gasteiger partial charge in [0.05, 0.1) is 0 Å². The van der Waals surface area contributed by atoms with Gasteiger partial charge in [-0.2, -0.15) is 11.8 Å². The van der Waals surface area contributed by atoms with Gasteiger partial charge in [-0.05, 0) is 32.9 Å². The largest absolute Gasteiger partial charge is 0.351 e. The Morgan fingerprint density at radius 2 is 2.25 bits per heavy atom. The van der Waals surface area contributed by atoms with Crippen molar-refractivity contribution < 1.29 is 4.79 Å². The molecule has 0 aliphatic carbocycles. The topological polar surface area (TPSA) is 53.5 Å². The average molecular weight is 241 g/mol. The van der Waals surface area contributed by atoms with Crippen LogP contribution >= 0.6 is 11.8 Å². The van der Waals surface area contributed by atoms with Gasteiger partial charge in [0.1, 0.15) is 0 Å². The number of hydrogen-bond acceptors (Lipinski definition) is 4. The van der Waals surface area contributed by atoms with Crippen molar-refractivity contribution in [1.29, 1.82) is 0 Å². The van der Waals surface area contributed by atoms with Gasteiger partial charge in [0.25, 0.3) is 5.91 Å². The molecule has 2 unspecified atom stereocenters. The Morgan fingerprint density at radius 3 is 2.75 bits per heavy atom. The molecule has 0 radical (unpaired) electrons. The van der Waals surface area contributed by atoms with Gasteiger partial charge in [-0.25, -0.2) is 4.99 Å². The summed E-state index contributed by atoms with van der Waals surface area (Å²) >= 11 is 1.82. The minimum absolute atomic E-state index is 0.0525. The van der Waals surface area contributed by atoms with Crippen LogP contribution in [0.1, 0.15) is 34.1 Å². The Kier molecular flexibility index (Phi) is 2.69. The number of amides is 1. The van der Waals surface area contributed by atoms with Crippen LogP contribution in [0.15, 0.2) is 4.99 Å². The van der Waals surface area contributed by atoms with Crippen LogP contribution in [0.3, 0.4) is 0 Å². The predicted molar refractivity (Wildman–Crippen MR) is 67.7 cm³/mol. The van der Waals surface area contributed by atoms with Crippen LogP contribution in [0.4, 0.5) is 0 Å². The lowest BCUT2D eigenvalue weighted by Crippen LogP contribution is -2.48. The normalized spacial score (nSPS) is 34.1. The zero-order valence-corrected chi connectivity index (χ0v) is 11.1. The minimum Gasteiger partial charge on any atom is -0.351 e. The molecule has 1 saturated heterocycles. The number of carbonyl (C=O) groups is 1. The molecule has 4 nitrogen and oxygen atoms in total. The van der Waals surface area contributed by atoms with E-state index >= 15 is 0 Å². The van der Waals surface area contributed by atoms with Crippen molar-refractivity contribution >= 4 is 23.6 Å². The average Bonchev–Trinajstić information content (AvgIpc) is 2.58. The molecule has 0 saturated carbocycles. The van der Waals surface area contributed by atoms with Crippen LogP contribution < -0.4 is 10.6 Å². The number of thioether (sulfide) groups is 1. The van der Waals surface area contributed by atoms with Crippen LogP contribution in [0, 0.1) is 0 Å². The highest BCUT2D eigenvalue weighted by Crippen LogP contribution is 2.40. The summed E-state index contributed by atoms with van der Waals surface area (Å²) in [4.78, 5) is 16.6. The predicted octanol–water partition coefficient (Wildman–Crippen LogP) is 1.12. The molecule has 16 heavy (non-hydrogen) atoms. The molecule has 2 atom stereocenters. The first-order chi connectivity index (χ1) is 7.33. The lowest BCUT2D eigenvalue weighted by molar-refractivity contribution is -0.123. The smallest absolute Gasteiger partial charge is 0.255 e. The molecule has 2 heterocycles. The molecular weight excluding hydrogens is 222 g/mol. The first-order valence-electron chi connectivity index (χ1n) is 5.65. The second-order valence-corrected chi connectivity index (χ2v) is 6.93. The highest BCUT2D eigenvalue weighted by molar-refractivity contribution is 8.00. The zero-order valence-electron chi connectivity index (χ0n) is 10.3. The zero-order chi connectivity index (χ0) is 12.0. The fraction of sp³-hybridized carbons (Fsp3) is 0.818. The molecule has 5 heteroatoms. The third kappa shape index (κ3) is 1.93. The van der Waals surface area contributed by atoms with Crippen molar-refractivity contribution in [1.82, 2.24) is 10.6 Å². The monoisotopic (exact) mass is 241 g/mol. The Hall–Kier alpha value is -0.710. The molecule has 0 aromatic heterocycles. The van der Waals surface area contributed by atoms with Crippen molar-refractivity contribution in [3.63, 3.8) is 0 Å². The van der Waals surface area contributed by atoms with E-state index < -0.39 is 5.54 Å². The summed E-state index contributed by atoms with van der Waals surface area (Å²) < 4.78 is 0. The van der Waals surface area contributed by atoms with E-state index in [1.165, 1.54) is 0 Å². The van der Waals surface area contributed by atoms with Gasteiger partial charge in [0.2, 0.25) is 0 Å². The third-order valence-electron chi connectivity index (χ3n) is 2.95. The Balaban J connectivity index is 2.20. The third-order valence-corrected chi connectivity index (χ3v) is 4.28. The van der Waals surface area contributed by atoms with Gasteiger partial charge in [0, 0.05) is 10.8 Å². The number of guanidine groups is 1. The van der Waals surface area contributed by atoms with Gasteiger partial charge in [-0.15, -0.1) is 0 Å². The number of nitrogens with one attached hydrogen (secondary N) is 2. The Labute approximate surface area is 101 Å². The molecule has 1 fully saturated rings.